The first kappa shape index (κ1) is 24.2. The van der Waals surface area contributed by atoms with Crippen LogP contribution in [0.1, 0.15) is 56.6 Å². The fourth-order valence-electron chi connectivity index (χ4n) is 5.69. The molecule has 0 radical (unpaired) electrons. The second kappa shape index (κ2) is 9.88. The smallest absolute Gasteiger partial charge is 0.133 e. The van der Waals surface area contributed by atoms with Crippen molar-refractivity contribution >= 4 is 17.1 Å². The van der Waals surface area contributed by atoms with Crippen LogP contribution in [-0.4, -0.2) is 37.4 Å². The van der Waals surface area contributed by atoms with Gasteiger partial charge in [-0.15, -0.1) is 4.91 Å². The van der Waals surface area contributed by atoms with Crippen LogP contribution < -0.4 is 16.0 Å². The molecule has 4 N–H and O–H groups in total. The molecule has 0 bridgehead atoms. The van der Waals surface area contributed by atoms with Crippen LogP contribution in [0.3, 0.4) is 0 Å². The van der Waals surface area contributed by atoms with E-state index in [0.717, 1.165) is 37.4 Å². The third-order valence-electron chi connectivity index (χ3n) is 8.43. The second-order valence-electron chi connectivity index (χ2n) is 11.3. The molecule has 0 amide bonds. The van der Waals surface area contributed by atoms with Gasteiger partial charge in [-0.1, -0.05) is 43.7 Å². The van der Waals surface area contributed by atoms with Crippen LogP contribution in [0.25, 0.3) is 0 Å². The minimum Gasteiger partial charge on any atom is -0.395 e. The number of anilines is 2. The summed E-state index contributed by atoms with van der Waals surface area (Å²) in [5, 5.41) is 18.0. The number of nitroso groups, excluding NO2 is 1. The molecule has 0 aromatic heterocycles. The molecule has 3 fully saturated rings. The summed E-state index contributed by atoms with van der Waals surface area (Å²) in [5.41, 5.74) is 9.05. The lowest BCUT2D eigenvalue weighted by Gasteiger charge is -2.45. The van der Waals surface area contributed by atoms with E-state index in [0.29, 0.717) is 42.0 Å². The number of nitrogens with one attached hydrogen (secondary N) is 1. The van der Waals surface area contributed by atoms with Crippen LogP contribution in [0.15, 0.2) is 47.6 Å². The van der Waals surface area contributed by atoms with Crippen LogP contribution >= 0.6 is 0 Å². The molecule has 7 heteroatoms. The predicted octanol–water partition coefficient (Wildman–Crippen LogP) is 4.84. The molecular weight excluding hydrogens is 440 g/mol. The van der Waals surface area contributed by atoms with Gasteiger partial charge in [-0.3, -0.25) is 0 Å². The van der Waals surface area contributed by atoms with Crippen molar-refractivity contribution in [3.63, 3.8) is 0 Å². The van der Waals surface area contributed by atoms with Gasteiger partial charge in [0.15, 0.2) is 0 Å². The molecule has 5 rings (SSSR count). The summed E-state index contributed by atoms with van der Waals surface area (Å²) in [7, 11) is 0. The lowest BCUT2D eigenvalue weighted by Crippen LogP contribution is -2.51. The molecule has 2 aliphatic carbocycles. The number of nitrogens with zero attached hydrogens (tertiary/aromatic N) is 2. The fourth-order valence-corrected chi connectivity index (χ4v) is 5.69. The Bertz CT molecular complexity index is 1030. The molecule has 1 heterocycles. The Morgan fingerprint density at radius 2 is 1.94 bits per heavy atom. The van der Waals surface area contributed by atoms with E-state index in [1.165, 1.54) is 25.7 Å². The molecule has 0 spiro atoms. The zero-order valence-corrected chi connectivity index (χ0v) is 20.7. The molecule has 1 saturated heterocycles. The molecule has 0 atom stereocenters. The Kier molecular flexibility index (Phi) is 6.84. The highest BCUT2D eigenvalue weighted by atomic mass is 16.5. The van der Waals surface area contributed by atoms with Gasteiger partial charge in [0.25, 0.3) is 0 Å². The maximum atomic E-state index is 11.5. The number of benzene rings is 2. The quantitative estimate of drug-likeness (QED) is 0.243. The van der Waals surface area contributed by atoms with Gasteiger partial charge in [-0.25, -0.2) is 0 Å². The third kappa shape index (κ3) is 5.22. The number of hydrogen-bond donors (Lipinski definition) is 3. The Hall–Kier alpha value is -2.48. The van der Waals surface area contributed by atoms with Crippen molar-refractivity contribution < 1.29 is 9.84 Å². The van der Waals surface area contributed by atoms with Gasteiger partial charge in [0.2, 0.25) is 0 Å². The highest BCUT2D eigenvalue weighted by molar-refractivity contribution is 5.81. The van der Waals surface area contributed by atoms with Crippen molar-refractivity contribution in [1.82, 2.24) is 5.32 Å². The molecule has 2 saturated carbocycles. The van der Waals surface area contributed by atoms with Crippen molar-refractivity contribution in [2.75, 3.05) is 36.8 Å². The first-order valence-electron chi connectivity index (χ1n) is 13.0. The molecule has 7 nitrogen and oxygen atoms in total. The van der Waals surface area contributed by atoms with Crippen LogP contribution in [0, 0.1) is 16.2 Å². The Labute approximate surface area is 208 Å². The zero-order valence-electron chi connectivity index (χ0n) is 20.7. The third-order valence-corrected chi connectivity index (χ3v) is 8.43. The summed E-state index contributed by atoms with van der Waals surface area (Å²) in [6.45, 7) is 6.76. The molecule has 35 heavy (non-hydrogen) atoms. The van der Waals surface area contributed by atoms with Gasteiger partial charge >= 0.3 is 0 Å². The highest BCUT2D eigenvalue weighted by Gasteiger charge is 2.45. The average Bonchev–Trinajstić information content (AvgIpc) is 2.80. The van der Waals surface area contributed by atoms with Crippen LogP contribution in [-0.2, 0) is 16.9 Å². The summed E-state index contributed by atoms with van der Waals surface area (Å²) in [4.78, 5) is 13.7. The van der Waals surface area contributed by atoms with E-state index < -0.39 is 5.60 Å². The van der Waals surface area contributed by atoms with Gasteiger partial charge in [0, 0.05) is 38.4 Å². The number of nitrogens with two attached hydrogens (primary N) is 1. The zero-order chi connectivity index (χ0) is 24.5. The fraction of sp³-hybridized carbons (Fsp3) is 0.571. The van der Waals surface area contributed by atoms with Crippen molar-refractivity contribution in [1.29, 1.82) is 0 Å². The first-order valence-corrected chi connectivity index (χ1v) is 13.0. The minimum atomic E-state index is -1.02. The van der Waals surface area contributed by atoms with Gasteiger partial charge in [-0.05, 0) is 59.7 Å². The summed E-state index contributed by atoms with van der Waals surface area (Å²) in [6.07, 6.45) is 6.32. The standard InChI is InChI=1S/C28H38N4O3/c1-27(8-5-9-27)10-11-30-16-21-17-32(18-21)25-13-22(12-24(31-34)26(25)29)28(33)14-23(15-28)35-19-20-6-3-2-4-7-20/h2-4,6-7,12-13,21,23,30,33H,5,8-11,14-19,29H2,1H3. The molecule has 3 aliphatic rings. The van der Waals surface area contributed by atoms with Gasteiger partial charge in [0.05, 0.1) is 29.7 Å². The van der Waals surface area contributed by atoms with E-state index in [-0.39, 0.29) is 11.8 Å². The van der Waals surface area contributed by atoms with E-state index >= 15 is 0 Å². The van der Waals surface area contributed by atoms with Crippen LogP contribution in [0.2, 0.25) is 0 Å². The van der Waals surface area contributed by atoms with Crippen molar-refractivity contribution in [2.45, 2.75) is 63.8 Å². The summed E-state index contributed by atoms with van der Waals surface area (Å²) in [5.74, 6) is 0.558. The van der Waals surface area contributed by atoms with E-state index in [4.69, 9.17) is 10.5 Å². The lowest BCUT2D eigenvalue weighted by molar-refractivity contribution is -0.149. The second-order valence-corrected chi connectivity index (χ2v) is 11.3. The monoisotopic (exact) mass is 478 g/mol. The number of rotatable bonds is 11. The highest BCUT2D eigenvalue weighted by Crippen LogP contribution is 2.48. The first-order chi connectivity index (χ1) is 16.9. The molecule has 1 aliphatic heterocycles. The maximum absolute atomic E-state index is 11.5. The molecule has 2 aromatic carbocycles. The Balaban J connectivity index is 1.15. The SMILES string of the molecule is CC1(CCNCC2CN(c3cc(C4(O)CC(OCc5ccccc5)C4)cc(N=O)c3N)C2)CCC1. The summed E-state index contributed by atoms with van der Waals surface area (Å²) < 4.78 is 5.98. The number of hydrogen-bond acceptors (Lipinski definition) is 7. The van der Waals surface area contributed by atoms with Crippen LogP contribution in [0.4, 0.5) is 17.1 Å². The average molecular weight is 479 g/mol. The predicted molar refractivity (Wildman–Crippen MR) is 140 cm³/mol. The van der Waals surface area contributed by atoms with Gasteiger partial charge in [0.1, 0.15) is 5.69 Å². The number of aliphatic hydroxyl groups is 1. The van der Waals surface area contributed by atoms with Gasteiger partial charge in [-0.2, -0.15) is 0 Å². The Morgan fingerprint density at radius 3 is 2.60 bits per heavy atom. The largest absolute Gasteiger partial charge is 0.395 e. The van der Waals surface area contributed by atoms with E-state index in [1.54, 1.807) is 6.07 Å². The Morgan fingerprint density at radius 1 is 1.20 bits per heavy atom. The lowest BCUT2D eigenvalue weighted by atomic mass is 9.68. The summed E-state index contributed by atoms with van der Waals surface area (Å²) >= 11 is 0. The topological polar surface area (TPSA) is 100 Å². The molecule has 188 valence electrons. The van der Waals surface area contributed by atoms with E-state index in [1.807, 2.05) is 36.4 Å². The van der Waals surface area contributed by atoms with Crippen LogP contribution in [0.5, 0.6) is 0 Å². The van der Waals surface area contributed by atoms with Gasteiger partial charge < -0.3 is 25.8 Å². The maximum Gasteiger partial charge on any atom is 0.133 e. The van der Waals surface area contributed by atoms with Crippen molar-refractivity contribution in [3.05, 3.63) is 58.5 Å². The normalized spacial score (nSPS) is 25.4. The molecule has 2 aromatic rings. The van der Waals surface area contributed by atoms with E-state index in [2.05, 4.69) is 22.3 Å². The number of nitrogen functional groups attached to an aromatic ring is 1. The summed E-state index contributed by atoms with van der Waals surface area (Å²) in [6, 6.07) is 13.6. The van der Waals surface area contributed by atoms with E-state index in [9.17, 15) is 10.0 Å². The minimum absolute atomic E-state index is 0.0180. The molecular formula is C28H38N4O3. The van der Waals surface area contributed by atoms with Crippen molar-refractivity contribution in [3.8, 4) is 0 Å². The number of ether oxygens (including phenoxy) is 1. The molecule has 0 unspecified atom stereocenters. The van der Waals surface area contributed by atoms with Crippen molar-refractivity contribution in [2.24, 2.45) is 16.5 Å².